The van der Waals surface area contributed by atoms with Crippen molar-refractivity contribution in [2.75, 3.05) is 0 Å². The molecule has 1 aliphatic rings. The van der Waals surface area contributed by atoms with Crippen LogP contribution in [-0.4, -0.2) is 16.1 Å². The van der Waals surface area contributed by atoms with Crippen molar-refractivity contribution in [2.45, 2.75) is 20.0 Å². The van der Waals surface area contributed by atoms with E-state index >= 15 is 0 Å². The molecule has 0 radical (unpaired) electrons. The Bertz CT molecular complexity index is 588. The average Bonchev–Trinajstić information content (AvgIpc) is 2.19. The molecule has 0 bridgehead atoms. The fourth-order valence-electron chi connectivity index (χ4n) is 1.46. The summed E-state index contributed by atoms with van der Waals surface area (Å²) in [7, 11) is 0. The minimum absolute atomic E-state index is 0.0448. The van der Waals surface area contributed by atoms with Gasteiger partial charge in [0.25, 0.3) is 0 Å². The van der Waals surface area contributed by atoms with E-state index in [-0.39, 0.29) is 11.4 Å². The zero-order valence-electron chi connectivity index (χ0n) is 9.72. The van der Waals surface area contributed by atoms with Crippen LogP contribution in [0.4, 0.5) is 0 Å². The maximum absolute atomic E-state index is 5.88. The third kappa shape index (κ3) is 2.94. The Kier molecular flexibility index (Phi) is 3.59. The molecule has 4 heteroatoms. The Morgan fingerprint density at radius 3 is 2.47 bits per heavy atom. The maximum Gasteiger partial charge on any atom is 0.226 e. The molecule has 0 saturated carbocycles. The molecule has 1 aromatic heterocycles. The van der Waals surface area contributed by atoms with Crippen molar-refractivity contribution >= 4 is 23.8 Å². The zero-order chi connectivity index (χ0) is 12.3. The number of fused-ring (bicyclic) bond motifs is 1. The van der Waals surface area contributed by atoms with Crippen LogP contribution in [0.25, 0.3) is 12.2 Å². The molecule has 0 fully saturated rings. The van der Waals surface area contributed by atoms with Gasteiger partial charge in [0.1, 0.15) is 0 Å². The summed E-state index contributed by atoms with van der Waals surface area (Å²) < 4.78 is 5.65. The number of nitrogens with zero attached hydrogens (tertiary/aromatic N) is 2. The summed E-state index contributed by atoms with van der Waals surface area (Å²) in [6.45, 7) is 3.90. The van der Waals surface area contributed by atoms with Crippen molar-refractivity contribution in [3.63, 3.8) is 0 Å². The van der Waals surface area contributed by atoms with Gasteiger partial charge in [0, 0.05) is 0 Å². The van der Waals surface area contributed by atoms with E-state index in [2.05, 4.69) is 9.97 Å². The van der Waals surface area contributed by atoms with Crippen LogP contribution in [0, 0.1) is 0 Å². The Hall–Kier alpha value is -1.61. The molecule has 0 aliphatic heterocycles. The first-order valence-corrected chi connectivity index (χ1v) is 5.80. The molecule has 0 saturated heterocycles. The Balaban J connectivity index is 2.69. The number of aromatic nitrogens is 2. The predicted molar refractivity (Wildman–Crippen MR) is 69.3 cm³/mol. The molecule has 0 amide bonds. The van der Waals surface area contributed by atoms with Gasteiger partial charge in [-0.25, -0.2) is 4.98 Å². The molecular weight excluding hydrogens is 236 g/mol. The maximum atomic E-state index is 5.88. The van der Waals surface area contributed by atoms with Gasteiger partial charge in [0.05, 0.1) is 16.7 Å². The first-order valence-electron chi connectivity index (χ1n) is 5.42. The van der Waals surface area contributed by atoms with Gasteiger partial charge in [-0.15, -0.1) is 0 Å². The van der Waals surface area contributed by atoms with Crippen LogP contribution in [0.3, 0.4) is 0 Å². The van der Waals surface area contributed by atoms with Gasteiger partial charge < -0.3 is 4.74 Å². The SMILES string of the molecule is CC(C)Oc1nc(Cl)nc2/c1=C\C=C/C=C\C=2. The second-order valence-corrected chi connectivity index (χ2v) is 4.20. The molecule has 0 aromatic carbocycles. The Morgan fingerprint density at radius 2 is 1.76 bits per heavy atom. The number of rotatable bonds is 2. The highest BCUT2D eigenvalue weighted by molar-refractivity contribution is 6.28. The van der Waals surface area contributed by atoms with Crippen molar-refractivity contribution in [3.8, 4) is 5.88 Å². The number of halogens is 1. The molecule has 88 valence electrons. The van der Waals surface area contributed by atoms with Gasteiger partial charge in [-0.3, -0.25) is 0 Å². The molecule has 1 aliphatic carbocycles. The minimum Gasteiger partial charge on any atom is -0.474 e. The molecule has 1 aromatic rings. The van der Waals surface area contributed by atoms with E-state index in [9.17, 15) is 0 Å². The standard InChI is InChI=1S/C13H13ClN2O/c1-9(2)17-12-10-7-5-3-4-6-8-11(10)15-13(14)16-12/h3-9H,1-2H3/b4-3?,5-3-,6-4-,7-5?,8-6?,10-7+,11-8+. The first-order chi connectivity index (χ1) is 8.16. The zero-order valence-corrected chi connectivity index (χ0v) is 10.5. The van der Waals surface area contributed by atoms with Crippen LogP contribution in [0.5, 0.6) is 5.88 Å². The molecule has 17 heavy (non-hydrogen) atoms. The number of hydrogen-bond acceptors (Lipinski definition) is 3. The van der Waals surface area contributed by atoms with Crippen LogP contribution in [0.1, 0.15) is 13.8 Å². The second-order valence-electron chi connectivity index (χ2n) is 3.87. The lowest BCUT2D eigenvalue weighted by Crippen LogP contribution is -2.32. The van der Waals surface area contributed by atoms with Crippen molar-refractivity contribution in [2.24, 2.45) is 0 Å². The van der Waals surface area contributed by atoms with Crippen LogP contribution in [0.2, 0.25) is 5.28 Å². The van der Waals surface area contributed by atoms with Gasteiger partial charge in [0.15, 0.2) is 0 Å². The van der Waals surface area contributed by atoms with E-state index in [0.717, 1.165) is 10.6 Å². The van der Waals surface area contributed by atoms with Crippen molar-refractivity contribution in [1.29, 1.82) is 0 Å². The number of allylic oxidation sites excluding steroid dienone is 4. The molecule has 2 rings (SSSR count). The summed E-state index contributed by atoms with van der Waals surface area (Å²) in [5, 5.41) is 1.81. The molecule has 0 spiro atoms. The van der Waals surface area contributed by atoms with Crippen LogP contribution in [-0.2, 0) is 0 Å². The monoisotopic (exact) mass is 248 g/mol. The topological polar surface area (TPSA) is 35.0 Å². The summed E-state index contributed by atoms with van der Waals surface area (Å²) >= 11 is 5.88. The summed E-state index contributed by atoms with van der Waals surface area (Å²) in [5.74, 6) is 0.520. The van der Waals surface area contributed by atoms with Gasteiger partial charge in [-0.1, -0.05) is 24.3 Å². The Morgan fingerprint density at radius 1 is 1.06 bits per heavy atom. The van der Waals surface area contributed by atoms with E-state index in [1.54, 1.807) is 0 Å². The van der Waals surface area contributed by atoms with Crippen LogP contribution in [0.15, 0.2) is 24.3 Å². The van der Waals surface area contributed by atoms with E-state index in [1.807, 2.05) is 50.3 Å². The summed E-state index contributed by atoms with van der Waals surface area (Å²) in [4.78, 5) is 8.31. The van der Waals surface area contributed by atoms with Gasteiger partial charge in [0.2, 0.25) is 11.2 Å². The lowest BCUT2D eigenvalue weighted by Gasteiger charge is -2.09. The largest absolute Gasteiger partial charge is 0.474 e. The summed E-state index contributed by atoms with van der Waals surface area (Å²) in [5.41, 5.74) is 0. The molecule has 0 N–H and O–H groups in total. The molecule has 0 unspecified atom stereocenters. The lowest BCUT2D eigenvalue weighted by molar-refractivity contribution is 0.229. The number of ether oxygens (including phenoxy) is 1. The first kappa shape index (κ1) is 11.9. The fourth-order valence-corrected chi connectivity index (χ4v) is 1.63. The van der Waals surface area contributed by atoms with Crippen LogP contribution >= 0.6 is 11.6 Å². The van der Waals surface area contributed by atoms with E-state index < -0.39 is 0 Å². The Labute approximate surface area is 105 Å². The minimum atomic E-state index is 0.0448. The third-order valence-electron chi connectivity index (χ3n) is 2.11. The normalized spacial score (nSPS) is 21.2. The second kappa shape index (κ2) is 5.15. The number of hydrogen-bond donors (Lipinski definition) is 0. The summed E-state index contributed by atoms with van der Waals surface area (Å²) in [6, 6.07) is 0. The quantitative estimate of drug-likeness (QED) is 0.746. The highest BCUT2D eigenvalue weighted by atomic mass is 35.5. The van der Waals surface area contributed by atoms with Crippen molar-refractivity contribution in [1.82, 2.24) is 9.97 Å². The summed E-state index contributed by atoms with van der Waals surface area (Å²) in [6.07, 6.45) is 11.5. The highest BCUT2D eigenvalue weighted by Crippen LogP contribution is 2.04. The molecular formula is C13H13ClN2O. The molecule has 1 heterocycles. The van der Waals surface area contributed by atoms with Gasteiger partial charge in [-0.05, 0) is 37.6 Å². The third-order valence-corrected chi connectivity index (χ3v) is 2.28. The van der Waals surface area contributed by atoms with Gasteiger partial charge in [-0.2, -0.15) is 4.98 Å². The predicted octanol–water partition coefficient (Wildman–Crippen LogP) is 1.60. The lowest BCUT2D eigenvalue weighted by atomic mass is 10.2. The van der Waals surface area contributed by atoms with E-state index in [4.69, 9.17) is 16.3 Å². The van der Waals surface area contributed by atoms with Gasteiger partial charge >= 0.3 is 0 Å². The van der Waals surface area contributed by atoms with Crippen molar-refractivity contribution in [3.05, 3.63) is 40.2 Å². The van der Waals surface area contributed by atoms with Crippen LogP contribution < -0.4 is 15.3 Å². The molecule has 0 atom stereocenters. The van der Waals surface area contributed by atoms with E-state index in [1.165, 1.54) is 0 Å². The van der Waals surface area contributed by atoms with E-state index in [0.29, 0.717) is 5.88 Å². The van der Waals surface area contributed by atoms with Crippen molar-refractivity contribution < 1.29 is 4.74 Å². The highest BCUT2D eigenvalue weighted by Gasteiger charge is 2.06. The molecule has 3 nitrogen and oxygen atoms in total. The fraction of sp³-hybridized carbons (Fsp3) is 0.231. The average molecular weight is 249 g/mol. The smallest absolute Gasteiger partial charge is 0.226 e.